The molecule has 29 heavy (non-hydrogen) atoms. The second kappa shape index (κ2) is 10.9. The van der Waals surface area contributed by atoms with Gasteiger partial charge in [0.15, 0.2) is 6.29 Å². The van der Waals surface area contributed by atoms with Crippen LogP contribution in [0, 0.1) is 0 Å². The largest absolute Gasteiger partial charge is 0.388 e. The van der Waals surface area contributed by atoms with Crippen molar-refractivity contribution >= 4 is 41.0 Å². The Kier molecular flexibility index (Phi) is 8.27. The molecule has 5 nitrogen and oxygen atoms in total. The minimum atomic E-state index is -0.438. The Bertz CT molecular complexity index is 807. The molecule has 2 heterocycles. The number of carbonyl (C=O) groups excluding carboxylic acids is 2. The smallest absolute Gasteiger partial charge is 0.227 e. The van der Waals surface area contributed by atoms with Gasteiger partial charge in [-0.05, 0) is 37.0 Å². The number of anilines is 1. The van der Waals surface area contributed by atoms with Crippen LogP contribution >= 0.6 is 23.1 Å². The standard InChI is InChI=1S/C22H28N2O3S2/c1-2-3-4-5-20(26)16-6-8-17(9-7-16)24-18(10-11-21(24)27)12-13-28-22-23-14-19(15-25)29-22/h6-9,14-15,18,20,26H,2-5,10-13H2,1H3/t18-,20?/m1/s1. The third-order valence-corrected chi connectivity index (χ3v) is 7.37. The van der Waals surface area contributed by atoms with Crippen molar-refractivity contribution in [2.24, 2.45) is 0 Å². The highest BCUT2D eigenvalue weighted by Gasteiger charge is 2.31. The molecule has 0 radical (unpaired) electrons. The SMILES string of the molecule is CCCCCC(O)c1ccc(N2C(=O)CC[C@@H]2CCSc2ncc(C=O)s2)cc1. The molecule has 1 aliphatic heterocycles. The lowest BCUT2D eigenvalue weighted by Gasteiger charge is -2.25. The number of carbonyl (C=O) groups is 2. The summed E-state index contributed by atoms with van der Waals surface area (Å²) in [5, 5.41) is 10.3. The summed E-state index contributed by atoms with van der Waals surface area (Å²) < 4.78 is 0.893. The van der Waals surface area contributed by atoms with E-state index >= 15 is 0 Å². The molecule has 3 rings (SSSR count). The number of thioether (sulfide) groups is 1. The number of hydrogen-bond acceptors (Lipinski definition) is 6. The first-order valence-corrected chi connectivity index (χ1v) is 12.1. The van der Waals surface area contributed by atoms with Crippen molar-refractivity contribution in [2.75, 3.05) is 10.7 Å². The van der Waals surface area contributed by atoms with Crippen molar-refractivity contribution in [2.45, 2.75) is 68.4 Å². The van der Waals surface area contributed by atoms with Crippen molar-refractivity contribution in [1.29, 1.82) is 0 Å². The molecule has 2 atom stereocenters. The summed E-state index contributed by atoms with van der Waals surface area (Å²) in [6, 6.07) is 7.98. The molecule has 1 saturated heterocycles. The normalized spacial score (nSPS) is 17.7. The molecule has 1 unspecified atom stereocenters. The van der Waals surface area contributed by atoms with E-state index in [1.54, 1.807) is 18.0 Å². The van der Waals surface area contributed by atoms with Gasteiger partial charge >= 0.3 is 0 Å². The average molecular weight is 433 g/mol. The highest BCUT2D eigenvalue weighted by molar-refractivity contribution is 8.01. The van der Waals surface area contributed by atoms with Crippen LogP contribution < -0.4 is 4.90 Å². The summed E-state index contributed by atoms with van der Waals surface area (Å²) in [4.78, 5) is 30.0. The van der Waals surface area contributed by atoms with E-state index in [1.807, 2.05) is 29.2 Å². The van der Waals surface area contributed by atoms with E-state index < -0.39 is 6.10 Å². The molecule has 1 aromatic carbocycles. The zero-order chi connectivity index (χ0) is 20.6. The number of benzene rings is 1. The summed E-state index contributed by atoms with van der Waals surface area (Å²) in [7, 11) is 0. The number of thiazole rings is 1. The van der Waals surface area contributed by atoms with Crippen LogP contribution in [0.3, 0.4) is 0 Å². The summed E-state index contributed by atoms with van der Waals surface area (Å²) in [6.07, 6.45) is 8.38. The number of hydrogen-bond donors (Lipinski definition) is 1. The first kappa shape index (κ1) is 22.0. The fourth-order valence-corrected chi connectivity index (χ4v) is 5.58. The first-order chi connectivity index (χ1) is 14.1. The predicted molar refractivity (Wildman–Crippen MR) is 119 cm³/mol. The zero-order valence-electron chi connectivity index (χ0n) is 16.8. The van der Waals surface area contributed by atoms with Crippen LogP contribution in [0.1, 0.15) is 73.2 Å². The van der Waals surface area contributed by atoms with Crippen LogP contribution in [0.4, 0.5) is 5.69 Å². The van der Waals surface area contributed by atoms with Crippen LogP contribution in [0.2, 0.25) is 0 Å². The van der Waals surface area contributed by atoms with Gasteiger partial charge in [0, 0.05) is 30.1 Å². The lowest BCUT2D eigenvalue weighted by molar-refractivity contribution is -0.117. The van der Waals surface area contributed by atoms with Crippen molar-refractivity contribution in [3.63, 3.8) is 0 Å². The van der Waals surface area contributed by atoms with E-state index in [-0.39, 0.29) is 11.9 Å². The van der Waals surface area contributed by atoms with Crippen LogP contribution in [0.25, 0.3) is 0 Å². The molecule has 1 N–H and O–H groups in total. The molecule has 7 heteroatoms. The number of amides is 1. The van der Waals surface area contributed by atoms with Crippen LogP contribution in [0.5, 0.6) is 0 Å². The molecule has 1 amide bonds. The van der Waals surface area contributed by atoms with Crippen molar-refractivity contribution < 1.29 is 14.7 Å². The van der Waals surface area contributed by atoms with E-state index in [4.69, 9.17) is 0 Å². The second-order valence-electron chi connectivity index (χ2n) is 7.34. The van der Waals surface area contributed by atoms with Gasteiger partial charge in [0.1, 0.15) is 4.34 Å². The van der Waals surface area contributed by atoms with E-state index in [1.165, 1.54) is 11.3 Å². The Labute approximate surface area is 180 Å². The summed E-state index contributed by atoms with van der Waals surface area (Å²) >= 11 is 3.04. The zero-order valence-corrected chi connectivity index (χ0v) is 18.4. The maximum Gasteiger partial charge on any atom is 0.227 e. The number of nitrogens with zero attached hydrogens (tertiary/aromatic N) is 2. The van der Waals surface area contributed by atoms with Gasteiger partial charge in [0.2, 0.25) is 5.91 Å². The topological polar surface area (TPSA) is 70.5 Å². The number of aldehydes is 1. The van der Waals surface area contributed by atoms with Crippen LogP contribution in [0.15, 0.2) is 34.8 Å². The number of unbranched alkanes of at least 4 members (excludes halogenated alkanes) is 2. The van der Waals surface area contributed by atoms with Gasteiger partial charge in [-0.2, -0.15) is 0 Å². The van der Waals surface area contributed by atoms with Crippen molar-refractivity contribution in [3.05, 3.63) is 40.9 Å². The van der Waals surface area contributed by atoms with Gasteiger partial charge in [0.05, 0.1) is 11.0 Å². The fourth-order valence-electron chi connectivity index (χ4n) is 3.66. The van der Waals surface area contributed by atoms with Gasteiger partial charge in [-0.25, -0.2) is 4.98 Å². The lowest BCUT2D eigenvalue weighted by atomic mass is 10.0. The quantitative estimate of drug-likeness (QED) is 0.298. The molecule has 0 saturated carbocycles. The Balaban J connectivity index is 1.57. The van der Waals surface area contributed by atoms with Gasteiger partial charge in [-0.1, -0.05) is 50.1 Å². The molecular formula is C22H28N2O3S2. The van der Waals surface area contributed by atoms with E-state index in [0.29, 0.717) is 11.3 Å². The van der Waals surface area contributed by atoms with Gasteiger partial charge < -0.3 is 10.0 Å². The Morgan fingerprint density at radius 1 is 1.34 bits per heavy atom. The molecule has 1 aliphatic rings. The van der Waals surface area contributed by atoms with E-state index in [9.17, 15) is 14.7 Å². The Morgan fingerprint density at radius 2 is 2.14 bits per heavy atom. The van der Waals surface area contributed by atoms with Crippen molar-refractivity contribution in [3.8, 4) is 0 Å². The third-order valence-electron chi connectivity index (χ3n) is 5.26. The Hall–Kier alpha value is -1.70. The van der Waals surface area contributed by atoms with Crippen LogP contribution in [-0.2, 0) is 4.79 Å². The number of aliphatic hydroxyl groups excluding tert-OH is 1. The summed E-state index contributed by atoms with van der Waals surface area (Å²) in [5.74, 6) is 1.02. The predicted octanol–water partition coefficient (Wildman–Crippen LogP) is 5.25. The Morgan fingerprint density at radius 3 is 2.83 bits per heavy atom. The van der Waals surface area contributed by atoms with Crippen molar-refractivity contribution in [1.82, 2.24) is 4.98 Å². The minimum Gasteiger partial charge on any atom is -0.388 e. The van der Waals surface area contributed by atoms with Gasteiger partial charge in [-0.3, -0.25) is 9.59 Å². The molecule has 1 fully saturated rings. The highest BCUT2D eigenvalue weighted by Crippen LogP contribution is 2.32. The molecule has 2 aromatic rings. The fraction of sp³-hybridized carbons (Fsp3) is 0.500. The third kappa shape index (κ3) is 5.90. The number of aromatic nitrogens is 1. The highest BCUT2D eigenvalue weighted by atomic mass is 32.2. The van der Waals surface area contributed by atoms with E-state index in [2.05, 4.69) is 11.9 Å². The number of aliphatic hydroxyl groups is 1. The second-order valence-corrected chi connectivity index (χ2v) is 9.75. The van der Waals surface area contributed by atoms with Gasteiger partial charge in [0.25, 0.3) is 0 Å². The minimum absolute atomic E-state index is 0.161. The monoisotopic (exact) mass is 432 g/mol. The maximum absolute atomic E-state index is 12.5. The first-order valence-electron chi connectivity index (χ1n) is 10.3. The lowest BCUT2D eigenvalue weighted by Crippen LogP contribution is -2.33. The molecular weight excluding hydrogens is 404 g/mol. The molecule has 0 spiro atoms. The molecule has 156 valence electrons. The summed E-state index contributed by atoms with van der Waals surface area (Å²) in [6.45, 7) is 2.16. The summed E-state index contributed by atoms with van der Waals surface area (Å²) in [5.41, 5.74) is 1.82. The maximum atomic E-state index is 12.5. The molecule has 1 aromatic heterocycles. The van der Waals surface area contributed by atoms with E-state index in [0.717, 1.165) is 66.2 Å². The van der Waals surface area contributed by atoms with Gasteiger partial charge in [-0.15, -0.1) is 11.3 Å². The van der Waals surface area contributed by atoms with Crippen LogP contribution in [-0.4, -0.2) is 34.1 Å². The number of rotatable bonds is 11. The molecule has 0 bridgehead atoms. The molecule has 0 aliphatic carbocycles. The average Bonchev–Trinajstić information content (AvgIpc) is 3.35.